The minimum Gasteiger partial charge on any atom is -0.494 e. The van der Waals surface area contributed by atoms with Gasteiger partial charge >= 0.3 is 6.03 Å². The second kappa shape index (κ2) is 9.20. The van der Waals surface area contributed by atoms with E-state index >= 15 is 0 Å². The summed E-state index contributed by atoms with van der Waals surface area (Å²) in [5, 5.41) is 0. The molecule has 0 N–H and O–H groups in total. The van der Waals surface area contributed by atoms with Gasteiger partial charge in [-0.15, -0.1) is 0 Å². The molecular formula is C25H19BrN2O4. The van der Waals surface area contributed by atoms with Crippen molar-refractivity contribution in [1.29, 1.82) is 0 Å². The number of hydrogen-bond donors (Lipinski definition) is 0. The fraction of sp³-hybridized carbons (Fsp3) is 0.0800. The van der Waals surface area contributed by atoms with E-state index in [1.54, 1.807) is 78.9 Å². The smallest absolute Gasteiger partial charge is 0.343 e. The topological polar surface area (TPSA) is 66.9 Å². The van der Waals surface area contributed by atoms with E-state index < -0.39 is 17.8 Å². The Kier molecular flexibility index (Phi) is 6.18. The maximum atomic E-state index is 13.4. The van der Waals surface area contributed by atoms with Crippen LogP contribution in [0.1, 0.15) is 12.5 Å². The van der Waals surface area contributed by atoms with Gasteiger partial charge in [-0.2, -0.15) is 0 Å². The van der Waals surface area contributed by atoms with Crippen LogP contribution in [0.5, 0.6) is 5.75 Å². The van der Waals surface area contributed by atoms with E-state index in [0.29, 0.717) is 29.3 Å². The minimum atomic E-state index is -0.723. The number of rotatable bonds is 5. The van der Waals surface area contributed by atoms with E-state index in [1.165, 1.54) is 6.08 Å². The average Bonchev–Trinajstić information content (AvgIpc) is 2.78. The molecule has 7 heteroatoms. The van der Waals surface area contributed by atoms with Gasteiger partial charge in [0.15, 0.2) is 0 Å². The highest BCUT2D eigenvalue weighted by Gasteiger charge is 2.43. The zero-order chi connectivity index (χ0) is 22.7. The fourth-order valence-electron chi connectivity index (χ4n) is 3.42. The molecule has 0 saturated carbocycles. The molecule has 4 rings (SSSR count). The first-order chi connectivity index (χ1) is 15.5. The predicted octanol–water partition coefficient (Wildman–Crippen LogP) is 5.43. The van der Waals surface area contributed by atoms with Crippen molar-refractivity contribution >= 4 is 51.2 Å². The number of halogens is 1. The Balaban J connectivity index is 1.86. The van der Waals surface area contributed by atoms with Crippen LogP contribution in [0, 0.1) is 0 Å². The number of carbonyl (C=O) groups excluding carboxylic acids is 3. The summed E-state index contributed by atoms with van der Waals surface area (Å²) in [5.74, 6) is -0.770. The third kappa shape index (κ3) is 4.20. The molecule has 32 heavy (non-hydrogen) atoms. The van der Waals surface area contributed by atoms with Gasteiger partial charge in [-0.25, -0.2) is 14.6 Å². The lowest BCUT2D eigenvalue weighted by Crippen LogP contribution is -2.57. The van der Waals surface area contributed by atoms with Crippen molar-refractivity contribution in [3.05, 3.63) is 94.5 Å². The zero-order valence-electron chi connectivity index (χ0n) is 17.2. The molecule has 3 aromatic carbocycles. The predicted molar refractivity (Wildman–Crippen MR) is 127 cm³/mol. The second-order valence-electron chi connectivity index (χ2n) is 6.95. The number of amides is 4. The quantitative estimate of drug-likeness (QED) is 0.353. The monoisotopic (exact) mass is 490 g/mol. The number of carbonyl (C=O) groups is 3. The molecule has 1 fully saturated rings. The van der Waals surface area contributed by atoms with Gasteiger partial charge in [-0.05, 0) is 61.0 Å². The molecule has 6 nitrogen and oxygen atoms in total. The Morgan fingerprint density at radius 3 is 1.84 bits per heavy atom. The minimum absolute atomic E-state index is 0.127. The zero-order valence-corrected chi connectivity index (χ0v) is 18.8. The number of anilines is 2. The average molecular weight is 491 g/mol. The number of urea groups is 1. The fourth-order valence-corrected chi connectivity index (χ4v) is 3.91. The molecule has 0 atom stereocenters. The molecule has 0 unspecified atom stereocenters. The van der Waals surface area contributed by atoms with Crippen molar-refractivity contribution in [2.75, 3.05) is 16.4 Å². The number of para-hydroxylation sites is 2. The molecule has 0 aromatic heterocycles. The van der Waals surface area contributed by atoms with Crippen LogP contribution in [0.4, 0.5) is 16.2 Å². The first kappa shape index (κ1) is 21.5. The summed E-state index contributed by atoms with van der Waals surface area (Å²) in [5.41, 5.74) is 1.23. The highest BCUT2D eigenvalue weighted by molar-refractivity contribution is 9.10. The van der Waals surface area contributed by atoms with Gasteiger partial charge in [0.1, 0.15) is 11.3 Å². The molecule has 1 aliphatic heterocycles. The Hall–Kier alpha value is -3.71. The van der Waals surface area contributed by atoms with Crippen molar-refractivity contribution < 1.29 is 19.1 Å². The standard InChI is InChI=1S/C25H19BrN2O4/c1-2-32-21-14-17(13-18(26)16-21)15-22-23(29)27(19-9-5-3-6-10-19)25(31)28(24(22)30)20-11-7-4-8-12-20/h3-16H,2H2,1H3. The molecule has 4 amide bonds. The van der Waals surface area contributed by atoms with Gasteiger partial charge in [0.2, 0.25) is 0 Å². The Morgan fingerprint density at radius 2 is 1.34 bits per heavy atom. The van der Waals surface area contributed by atoms with E-state index in [4.69, 9.17) is 4.74 Å². The van der Waals surface area contributed by atoms with Gasteiger partial charge < -0.3 is 4.74 Å². The highest BCUT2D eigenvalue weighted by Crippen LogP contribution is 2.30. The molecule has 0 radical (unpaired) electrons. The number of ether oxygens (including phenoxy) is 1. The van der Waals surface area contributed by atoms with Crippen molar-refractivity contribution in [1.82, 2.24) is 0 Å². The molecule has 1 heterocycles. The summed E-state index contributed by atoms with van der Waals surface area (Å²) in [6, 6.07) is 21.7. The van der Waals surface area contributed by atoms with Crippen LogP contribution in [0.3, 0.4) is 0 Å². The maximum Gasteiger partial charge on any atom is 0.343 e. The Bertz CT molecular complexity index is 1150. The largest absolute Gasteiger partial charge is 0.494 e. The van der Waals surface area contributed by atoms with E-state index in [2.05, 4.69) is 15.9 Å². The van der Waals surface area contributed by atoms with Crippen molar-refractivity contribution in [2.45, 2.75) is 6.92 Å². The number of barbiturate groups is 1. The van der Waals surface area contributed by atoms with Crippen molar-refractivity contribution in [3.8, 4) is 5.75 Å². The second-order valence-corrected chi connectivity index (χ2v) is 7.86. The SMILES string of the molecule is CCOc1cc(Br)cc(C=C2C(=O)N(c3ccccc3)C(=O)N(c3ccccc3)C2=O)c1. The first-order valence-electron chi connectivity index (χ1n) is 9.97. The van der Waals surface area contributed by atoms with E-state index in [-0.39, 0.29) is 5.57 Å². The van der Waals surface area contributed by atoms with Gasteiger partial charge in [0, 0.05) is 4.47 Å². The van der Waals surface area contributed by atoms with Crippen molar-refractivity contribution in [2.24, 2.45) is 0 Å². The van der Waals surface area contributed by atoms with Crippen LogP contribution < -0.4 is 14.5 Å². The van der Waals surface area contributed by atoms with Crippen molar-refractivity contribution in [3.63, 3.8) is 0 Å². The molecule has 0 aliphatic carbocycles. The van der Waals surface area contributed by atoms with Crippen LogP contribution in [0.25, 0.3) is 6.08 Å². The molecule has 1 aliphatic rings. The van der Waals surface area contributed by atoms with Crippen LogP contribution in [-0.4, -0.2) is 24.5 Å². The van der Waals surface area contributed by atoms with Gasteiger partial charge in [0.05, 0.1) is 18.0 Å². The molecular weight excluding hydrogens is 472 g/mol. The number of benzene rings is 3. The van der Waals surface area contributed by atoms with Crippen LogP contribution in [-0.2, 0) is 9.59 Å². The Morgan fingerprint density at radius 1 is 0.812 bits per heavy atom. The lowest BCUT2D eigenvalue weighted by molar-refractivity contribution is -0.121. The van der Waals surface area contributed by atoms with Gasteiger partial charge in [0.25, 0.3) is 11.8 Å². The van der Waals surface area contributed by atoms with Gasteiger partial charge in [-0.1, -0.05) is 52.3 Å². The lowest BCUT2D eigenvalue weighted by atomic mass is 10.0. The summed E-state index contributed by atoms with van der Waals surface area (Å²) in [4.78, 5) is 42.1. The molecule has 1 saturated heterocycles. The van der Waals surface area contributed by atoms with Gasteiger partial charge in [-0.3, -0.25) is 9.59 Å². The number of imide groups is 2. The maximum absolute atomic E-state index is 13.4. The molecule has 160 valence electrons. The molecule has 0 bridgehead atoms. The molecule has 3 aromatic rings. The highest BCUT2D eigenvalue weighted by atomic mass is 79.9. The van der Waals surface area contributed by atoms with Crippen LogP contribution in [0.2, 0.25) is 0 Å². The number of hydrogen-bond acceptors (Lipinski definition) is 4. The Labute approximate surface area is 193 Å². The normalized spacial score (nSPS) is 14.1. The molecule has 0 spiro atoms. The third-order valence-electron chi connectivity index (χ3n) is 4.79. The lowest BCUT2D eigenvalue weighted by Gasteiger charge is -2.33. The summed E-state index contributed by atoms with van der Waals surface area (Å²) >= 11 is 3.43. The summed E-state index contributed by atoms with van der Waals surface area (Å²) in [7, 11) is 0. The van der Waals surface area contributed by atoms with E-state index in [1.807, 2.05) is 6.92 Å². The summed E-state index contributed by atoms with van der Waals surface area (Å²) < 4.78 is 6.30. The third-order valence-corrected chi connectivity index (χ3v) is 5.25. The van der Waals surface area contributed by atoms with Crippen LogP contribution >= 0.6 is 15.9 Å². The summed E-state index contributed by atoms with van der Waals surface area (Å²) in [6.07, 6.45) is 1.48. The first-order valence-corrected chi connectivity index (χ1v) is 10.8. The van der Waals surface area contributed by atoms with E-state index in [9.17, 15) is 14.4 Å². The number of nitrogens with zero attached hydrogens (tertiary/aromatic N) is 2. The summed E-state index contributed by atoms with van der Waals surface area (Å²) in [6.45, 7) is 2.34. The van der Waals surface area contributed by atoms with Crippen LogP contribution in [0.15, 0.2) is 88.9 Å². The van der Waals surface area contributed by atoms with E-state index in [0.717, 1.165) is 14.3 Å².